The van der Waals surface area contributed by atoms with Gasteiger partial charge in [0.1, 0.15) is 0 Å². The van der Waals surface area contributed by atoms with Gasteiger partial charge in [0.2, 0.25) is 6.79 Å². The molecule has 0 aromatic heterocycles. The number of hydrogen-bond donors (Lipinski definition) is 2. The maximum Gasteiger partial charge on any atom is 0.251 e. The lowest BCUT2D eigenvalue weighted by molar-refractivity contribution is 0.0950. The summed E-state index contributed by atoms with van der Waals surface area (Å²) >= 11 is 5.89. The Kier molecular flexibility index (Phi) is 3.58. The van der Waals surface area contributed by atoms with Crippen LogP contribution >= 0.6 is 11.6 Å². The molecule has 0 saturated carbocycles. The third-order valence-corrected chi connectivity index (χ3v) is 3.32. The normalized spacial score (nSPS) is 12.2. The van der Waals surface area contributed by atoms with Gasteiger partial charge in [-0.15, -0.1) is 0 Å². The van der Waals surface area contributed by atoms with Crippen LogP contribution in [-0.2, 0) is 6.54 Å². The highest BCUT2D eigenvalue weighted by atomic mass is 35.5. The molecule has 0 saturated heterocycles. The van der Waals surface area contributed by atoms with Crippen molar-refractivity contribution in [2.75, 3.05) is 12.5 Å². The van der Waals surface area contributed by atoms with Crippen molar-refractivity contribution in [1.82, 2.24) is 5.32 Å². The zero-order valence-electron chi connectivity index (χ0n) is 11.1. The highest BCUT2D eigenvalue weighted by Crippen LogP contribution is 2.35. The molecule has 0 radical (unpaired) electrons. The van der Waals surface area contributed by atoms with Crippen LogP contribution in [0.5, 0.6) is 11.5 Å². The van der Waals surface area contributed by atoms with Crippen molar-refractivity contribution in [3.8, 4) is 11.5 Å². The minimum atomic E-state index is -0.249. The van der Waals surface area contributed by atoms with Gasteiger partial charge < -0.3 is 20.5 Å². The van der Waals surface area contributed by atoms with Gasteiger partial charge in [-0.1, -0.05) is 23.7 Å². The van der Waals surface area contributed by atoms with Crippen molar-refractivity contribution in [3.63, 3.8) is 0 Å². The lowest BCUT2D eigenvalue weighted by Crippen LogP contribution is -2.23. The van der Waals surface area contributed by atoms with Crippen LogP contribution < -0.4 is 20.5 Å². The zero-order chi connectivity index (χ0) is 14.8. The number of nitrogen functional groups attached to an aromatic ring is 1. The van der Waals surface area contributed by atoms with E-state index in [1.807, 2.05) is 18.2 Å². The third-order valence-electron chi connectivity index (χ3n) is 3.10. The monoisotopic (exact) mass is 304 g/mol. The number of nitrogens with two attached hydrogens (primary N) is 1. The molecule has 0 aliphatic carbocycles. The Morgan fingerprint density at radius 1 is 1.29 bits per heavy atom. The Morgan fingerprint density at radius 3 is 2.95 bits per heavy atom. The van der Waals surface area contributed by atoms with Crippen molar-refractivity contribution in [3.05, 3.63) is 52.5 Å². The molecule has 2 aromatic rings. The quantitative estimate of drug-likeness (QED) is 0.855. The van der Waals surface area contributed by atoms with E-state index in [1.54, 1.807) is 18.2 Å². The maximum absolute atomic E-state index is 12.1. The van der Waals surface area contributed by atoms with Gasteiger partial charge in [0, 0.05) is 28.4 Å². The summed E-state index contributed by atoms with van der Waals surface area (Å²) in [6, 6.07) is 10.3. The Morgan fingerprint density at radius 2 is 2.14 bits per heavy atom. The number of benzene rings is 2. The summed E-state index contributed by atoms with van der Waals surface area (Å²) in [5.41, 5.74) is 7.40. The molecule has 2 aromatic carbocycles. The maximum atomic E-state index is 12.1. The molecular weight excluding hydrogens is 292 g/mol. The molecule has 6 heteroatoms. The van der Waals surface area contributed by atoms with E-state index in [0.29, 0.717) is 34.3 Å². The molecule has 0 fully saturated rings. The molecule has 0 unspecified atom stereocenters. The minimum Gasteiger partial charge on any atom is -0.454 e. The first-order chi connectivity index (χ1) is 10.1. The first-order valence-corrected chi connectivity index (χ1v) is 6.73. The van der Waals surface area contributed by atoms with Gasteiger partial charge in [-0.25, -0.2) is 0 Å². The molecule has 21 heavy (non-hydrogen) atoms. The second-order valence-electron chi connectivity index (χ2n) is 4.61. The topological polar surface area (TPSA) is 73.6 Å². The fraction of sp³-hybridized carbons (Fsp3) is 0.133. The number of para-hydroxylation sites is 1. The van der Waals surface area contributed by atoms with Gasteiger partial charge in [0.05, 0.1) is 0 Å². The summed E-state index contributed by atoms with van der Waals surface area (Å²) in [7, 11) is 0. The second kappa shape index (κ2) is 5.54. The second-order valence-corrected chi connectivity index (χ2v) is 5.04. The Hall–Kier alpha value is -2.40. The Balaban J connectivity index is 1.73. The highest BCUT2D eigenvalue weighted by Gasteiger charge is 2.17. The van der Waals surface area contributed by atoms with E-state index in [4.69, 9.17) is 26.8 Å². The zero-order valence-corrected chi connectivity index (χ0v) is 11.8. The SMILES string of the molecule is Nc1cc(Cl)cc(C(=O)NCc2cccc3c2OCO3)c1. The number of ether oxygens (including phenoxy) is 2. The van der Waals surface area contributed by atoms with Crippen molar-refractivity contribution in [1.29, 1.82) is 0 Å². The number of hydrogen-bond acceptors (Lipinski definition) is 4. The van der Waals surface area contributed by atoms with Gasteiger partial charge in [0.25, 0.3) is 5.91 Å². The molecule has 0 atom stereocenters. The van der Waals surface area contributed by atoms with Crippen LogP contribution in [0.4, 0.5) is 5.69 Å². The van der Waals surface area contributed by atoms with Gasteiger partial charge in [-0.3, -0.25) is 4.79 Å². The first-order valence-electron chi connectivity index (χ1n) is 6.35. The molecule has 1 aliphatic heterocycles. The number of rotatable bonds is 3. The molecule has 5 nitrogen and oxygen atoms in total. The van der Waals surface area contributed by atoms with Gasteiger partial charge in [-0.2, -0.15) is 0 Å². The predicted molar refractivity (Wildman–Crippen MR) is 79.6 cm³/mol. The molecular formula is C15H13ClN2O3. The number of carbonyl (C=O) groups is 1. The van der Waals surface area contributed by atoms with Crippen LogP contribution in [0.15, 0.2) is 36.4 Å². The summed E-state index contributed by atoms with van der Waals surface area (Å²) in [6.07, 6.45) is 0. The van der Waals surface area contributed by atoms with E-state index < -0.39 is 0 Å². The van der Waals surface area contributed by atoms with Crippen LogP contribution in [0.1, 0.15) is 15.9 Å². The largest absolute Gasteiger partial charge is 0.454 e. The number of anilines is 1. The van der Waals surface area contributed by atoms with E-state index in [0.717, 1.165) is 5.56 Å². The standard InChI is InChI=1S/C15H13ClN2O3/c16-11-4-10(5-12(17)6-11)15(19)18-7-9-2-1-3-13-14(9)21-8-20-13/h1-6H,7-8,17H2,(H,18,19). The van der Waals surface area contributed by atoms with E-state index in [1.165, 1.54) is 0 Å². The molecule has 0 bridgehead atoms. The lowest BCUT2D eigenvalue weighted by atomic mass is 10.1. The Bertz CT molecular complexity index is 683. The van der Waals surface area contributed by atoms with E-state index >= 15 is 0 Å². The van der Waals surface area contributed by atoms with Crippen molar-refractivity contribution in [2.24, 2.45) is 0 Å². The van der Waals surface area contributed by atoms with E-state index in [-0.39, 0.29) is 12.7 Å². The van der Waals surface area contributed by atoms with Crippen molar-refractivity contribution in [2.45, 2.75) is 6.54 Å². The summed E-state index contributed by atoms with van der Waals surface area (Å²) < 4.78 is 10.7. The summed E-state index contributed by atoms with van der Waals surface area (Å²) in [5, 5.41) is 3.24. The average Bonchev–Trinajstić information content (AvgIpc) is 2.92. The molecule has 1 heterocycles. The third kappa shape index (κ3) is 2.87. The predicted octanol–water partition coefficient (Wildman–Crippen LogP) is 2.58. The van der Waals surface area contributed by atoms with Crippen LogP contribution in [0, 0.1) is 0 Å². The molecule has 3 rings (SSSR count). The number of nitrogens with one attached hydrogen (secondary N) is 1. The lowest BCUT2D eigenvalue weighted by Gasteiger charge is -2.08. The fourth-order valence-corrected chi connectivity index (χ4v) is 2.39. The van der Waals surface area contributed by atoms with Crippen LogP contribution in [0.3, 0.4) is 0 Å². The van der Waals surface area contributed by atoms with E-state index in [9.17, 15) is 4.79 Å². The number of fused-ring (bicyclic) bond motifs is 1. The molecule has 3 N–H and O–H groups in total. The van der Waals surface area contributed by atoms with Gasteiger partial charge in [0.15, 0.2) is 11.5 Å². The summed E-state index contributed by atoms with van der Waals surface area (Å²) in [6.45, 7) is 0.531. The molecule has 108 valence electrons. The van der Waals surface area contributed by atoms with E-state index in [2.05, 4.69) is 5.32 Å². The molecule has 0 spiro atoms. The fourth-order valence-electron chi connectivity index (χ4n) is 2.15. The van der Waals surface area contributed by atoms with Crippen LogP contribution in [-0.4, -0.2) is 12.7 Å². The molecule has 1 amide bonds. The number of carbonyl (C=O) groups excluding carboxylic acids is 1. The average molecular weight is 305 g/mol. The van der Waals surface area contributed by atoms with Crippen LogP contribution in [0.25, 0.3) is 0 Å². The first kappa shape index (κ1) is 13.6. The van der Waals surface area contributed by atoms with Gasteiger partial charge in [-0.05, 0) is 24.3 Å². The summed E-state index contributed by atoms with van der Waals surface area (Å²) in [4.78, 5) is 12.1. The van der Waals surface area contributed by atoms with Crippen molar-refractivity contribution >= 4 is 23.2 Å². The number of amides is 1. The highest BCUT2D eigenvalue weighted by molar-refractivity contribution is 6.31. The minimum absolute atomic E-state index is 0.200. The van der Waals surface area contributed by atoms with Gasteiger partial charge >= 0.3 is 0 Å². The van der Waals surface area contributed by atoms with Crippen LogP contribution in [0.2, 0.25) is 5.02 Å². The molecule has 1 aliphatic rings. The van der Waals surface area contributed by atoms with Crippen molar-refractivity contribution < 1.29 is 14.3 Å². The number of halogens is 1. The smallest absolute Gasteiger partial charge is 0.251 e. The Labute approximate surface area is 126 Å². The summed E-state index contributed by atoms with van der Waals surface area (Å²) in [5.74, 6) is 1.11.